The van der Waals surface area contributed by atoms with E-state index in [4.69, 9.17) is 9.15 Å². The van der Waals surface area contributed by atoms with Gasteiger partial charge >= 0.3 is 0 Å². The van der Waals surface area contributed by atoms with Crippen molar-refractivity contribution < 1.29 is 13.9 Å². The van der Waals surface area contributed by atoms with E-state index in [2.05, 4.69) is 17.5 Å². The minimum atomic E-state index is -0.327. The SMILES string of the molecule is CCc1ccc(OCC(=O)N/N=C\c2ccco2)cc1. The molecule has 0 saturated heterocycles. The highest BCUT2D eigenvalue weighted by molar-refractivity contribution is 5.81. The van der Waals surface area contributed by atoms with Crippen molar-refractivity contribution in [3.63, 3.8) is 0 Å². The molecule has 1 heterocycles. The molecule has 0 radical (unpaired) electrons. The van der Waals surface area contributed by atoms with E-state index in [1.54, 1.807) is 12.1 Å². The first-order chi connectivity index (χ1) is 9.78. The summed E-state index contributed by atoms with van der Waals surface area (Å²) in [4.78, 5) is 11.5. The lowest BCUT2D eigenvalue weighted by atomic mass is 10.2. The van der Waals surface area contributed by atoms with Gasteiger partial charge in [-0.2, -0.15) is 5.10 Å². The number of nitrogens with one attached hydrogen (secondary N) is 1. The summed E-state index contributed by atoms with van der Waals surface area (Å²) in [5.41, 5.74) is 3.59. The van der Waals surface area contributed by atoms with Crippen molar-refractivity contribution >= 4 is 12.1 Å². The van der Waals surface area contributed by atoms with Gasteiger partial charge in [-0.05, 0) is 36.2 Å². The second-order valence-electron chi connectivity index (χ2n) is 4.09. The van der Waals surface area contributed by atoms with E-state index in [-0.39, 0.29) is 12.5 Å². The van der Waals surface area contributed by atoms with Gasteiger partial charge in [-0.1, -0.05) is 19.1 Å². The maximum Gasteiger partial charge on any atom is 0.277 e. The van der Waals surface area contributed by atoms with Crippen LogP contribution in [-0.4, -0.2) is 18.7 Å². The summed E-state index contributed by atoms with van der Waals surface area (Å²) in [5.74, 6) is 0.904. The summed E-state index contributed by atoms with van der Waals surface area (Å²) in [7, 11) is 0. The van der Waals surface area contributed by atoms with Gasteiger partial charge in [-0.15, -0.1) is 0 Å². The zero-order valence-electron chi connectivity index (χ0n) is 11.2. The minimum absolute atomic E-state index is 0.0824. The van der Waals surface area contributed by atoms with Crippen LogP contribution in [0.1, 0.15) is 18.2 Å². The van der Waals surface area contributed by atoms with Crippen LogP contribution >= 0.6 is 0 Å². The zero-order valence-corrected chi connectivity index (χ0v) is 11.2. The molecule has 0 fully saturated rings. The molecule has 0 unspecified atom stereocenters. The fourth-order valence-corrected chi connectivity index (χ4v) is 1.54. The number of benzene rings is 1. The van der Waals surface area contributed by atoms with Crippen molar-refractivity contribution in [2.24, 2.45) is 5.10 Å². The minimum Gasteiger partial charge on any atom is -0.484 e. The van der Waals surface area contributed by atoms with Gasteiger partial charge in [0.05, 0.1) is 12.5 Å². The largest absolute Gasteiger partial charge is 0.484 e. The molecule has 0 bridgehead atoms. The number of aryl methyl sites for hydroxylation is 1. The third kappa shape index (κ3) is 4.28. The Balaban J connectivity index is 1.74. The topological polar surface area (TPSA) is 63.8 Å². The van der Waals surface area contributed by atoms with Crippen molar-refractivity contribution in [1.82, 2.24) is 5.43 Å². The highest BCUT2D eigenvalue weighted by Crippen LogP contribution is 2.12. The van der Waals surface area contributed by atoms with Crippen molar-refractivity contribution in [3.8, 4) is 5.75 Å². The summed E-state index contributed by atoms with van der Waals surface area (Å²) in [6.45, 7) is 2.00. The molecular formula is C15H16N2O3. The van der Waals surface area contributed by atoms with Gasteiger partial charge < -0.3 is 9.15 Å². The van der Waals surface area contributed by atoms with E-state index in [1.165, 1.54) is 18.0 Å². The van der Waals surface area contributed by atoms with Crippen LogP contribution in [0, 0.1) is 0 Å². The molecule has 104 valence electrons. The molecule has 2 rings (SSSR count). The highest BCUT2D eigenvalue weighted by atomic mass is 16.5. The van der Waals surface area contributed by atoms with Crippen molar-refractivity contribution in [3.05, 3.63) is 54.0 Å². The van der Waals surface area contributed by atoms with Gasteiger partial charge in [0.1, 0.15) is 11.5 Å². The van der Waals surface area contributed by atoms with Crippen LogP contribution in [0.25, 0.3) is 0 Å². The molecular weight excluding hydrogens is 256 g/mol. The first-order valence-electron chi connectivity index (χ1n) is 6.35. The van der Waals surface area contributed by atoms with Crippen LogP contribution < -0.4 is 10.2 Å². The summed E-state index contributed by atoms with van der Waals surface area (Å²) in [6.07, 6.45) is 3.93. The van der Waals surface area contributed by atoms with E-state index in [0.29, 0.717) is 11.5 Å². The molecule has 0 saturated carbocycles. The van der Waals surface area contributed by atoms with Crippen LogP contribution in [-0.2, 0) is 11.2 Å². The Morgan fingerprint density at radius 3 is 2.80 bits per heavy atom. The van der Waals surface area contributed by atoms with Crippen LogP contribution in [0.5, 0.6) is 5.75 Å². The third-order valence-corrected chi connectivity index (χ3v) is 2.63. The molecule has 5 heteroatoms. The number of nitrogens with zero attached hydrogens (tertiary/aromatic N) is 1. The Labute approximate surface area is 117 Å². The van der Waals surface area contributed by atoms with E-state index < -0.39 is 0 Å². The average molecular weight is 272 g/mol. The second kappa shape index (κ2) is 7.13. The number of furan rings is 1. The van der Waals surface area contributed by atoms with E-state index in [9.17, 15) is 4.79 Å². The molecule has 0 spiro atoms. The number of carbonyl (C=O) groups is 1. The molecule has 2 aromatic rings. The molecule has 0 aliphatic carbocycles. The van der Waals surface area contributed by atoms with Gasteiger partial charge in [-0.25, -0.2) is 5.43 Å². The standard InChI is InChI=1S/C15H16N2O3/c1-2-12-5-7-13(8-6-12)20-11-15(18)17-16-10-14-4-3-9-19-14/h3-10H,2,11H2,1H3,(H,17,18)/b16-10-. The molecule has 1 aromatic heterocycles. The number of ether oxygens (including phenoxy) is 1. The van der Waals surface area contributed by atoms with Gasteiger partial charge in [-0.3, -0.25) is 4.79 Å². The summed E-state index contributed by atoms with van der Waals surface area (Å²) >= 11 is 0. The molecule has 0 aliphatic rings. The number of carbonyl (C=O) groups excluding carboxylic acids is 1. The maximum atomic E-state index is 11.5. The first-order valence-corrected chi connectivity index (χ1v) is 6.35. The van der Waals surface area contributed by atoms with Crippen LogP contribution in [0.2, 0.25) is 0 Å². The molecule has 5 nitrogen and oxygen atoms in total. The number of hydrazone groups is 1. The van der Waals surface area contributed by atoms with Gasteiger partial charge in [0.15, 0.2) is 6.61 Å². The molecule has 20 heavy (non-hydrogen) atoms. The van der Waals surface area contributed by atoms with Gasteiger partial charge in [0.2, 0.25) is 0 Å². The Bertz CT molecular complexity index is 559. The molecule has 0 atom stereocenters. The van der Waals surface area contributed by atoms with Crippen molar-refractivity contribution in [1.29, 1.82) is 0 Å². The van der Waals surface area contributed by atoms with E-state index in [1.807, 2.05) is 24.3 Å². The fraction of sp³-hybridized carbons (Fsp3) is 0.200. The van der Waals surface area contributed by atoms with E-state index in [0.717, 1.165) is 6.42 Å². The summed E-state index contributed by atoms with van der Waals surface area (Å²) in [5, 5.41) is 3.76. The van der Waals surface area contributed by atoms with Gasteiger partial charge in [0.25, 0.3) is 5.91 Å². The lowest BCUT2D eigenvalue weighted by Crippen LogP contribution is -2.24. The molecule has 1 amide bonds. The van der Waals surface area contributed by atoms with Crippen molar-refractivity contribution in [2.45, 2.75) is 13.3 Å². The summed E-state index contributed by atoms with van der Waals surface area (Å²) in [6, 6.07) is 11.1. The molecule has 1 aromatic carbocycles. The Morgan fingerprint density at radius 1 is 1.35 bits per heavy atom. The zero-order chi connectivity index (χ0) is 14.2. The predicted octanol–water partition coefficient (Wildman–Crippen LogP) is 2.37. The molecule has 0 aliphatic heterocycles. The second-order valence-corrected chi connectivity index (χ2v) is 4.09. The lowest BCUT2D eigenvalue weighted by molar-refractivity contribution is -0.123. The normalized spacial score (nSPS) is 10.7. The van der Waals surface area contributed by atoms with Gasteiger partial charge in [0, 0.05) is 0 Å². The predicted molar refractivity (Wildman–Crippen MR) is 75.8 cm³/mol. The monoisotopic (exact) mass is 272 g/mol. The molecule has 1 N–H and O–H groups in total. The third-order valence-electron chi connectivity index (χ3n) is 2.63. The number of hydrogen-bond donors (Lipinski definition) is 1. The Hall–Kier alpha value is -2.56. The number of amides is 1. The Morgan fingerprint density at radius 2 is 2.15 bits per heavy atom. The lowest BCUT2D eigenvalue weighted by Gasteiger charge is -2.05. The van der Waals surface area contributed by atoms with Crippen LogP contribution in [0.3, 0.4) is 0 Å². The smallest absolute Gasteiger partial charge is 0.277 e. The number of hydrogen-bond acceptors (Lipinski definition) is 4. The van der Waals surface area contributed by atoms with Crippen molar-refractivity contribution in [2.75, 3.05) is 6.61 Å². The highest BCUT2D eigenvalue weighted by Gasteiger charge is 2.01. The van der Waals surface area contributed by atoms with Crippen LogP contribution in [0.15, 0.2) is 52.2 Å². The Kier molecular flexibility index (Phi) is 4.94. The maximum absolute atomic E-state index is 11.5. The van der Waals surface area contributed by atoms with E-state index >= 15 is 0 Å². The number of rotatable bonds is 6. The quantitative estimate of drug-likeness (QED) is 0.648. The first kappa shape index (κ1) is 13.9. The van der Waals surface area contributed by atoms with Crippen LogP contribution in [0.4, 0.5) is 0 Å². The average Bonchev–Trinajstić information content (AvgIpc) is 2.99. The summed E-state index contributed by atoms with van der Waals surface area (Å²) < 4.78 is 10.4. The fourth-order valence-electron chi connectivity index (χ4n) is 1.54.